The maximum Gasteiger partial charge on any atom is 0.0738 e. The molecule has 1 unspecified atom stereocenters. The molecular formula is C15H28BrN3. The first-order chi connectivity index (χ1) is 8.97. The van der Waals surface area contributed by atoms with Crippen molar-refractivity contribution >= 4 is 15.9 Å². The highest BCUT2D eigenvalue weighted by Crippen LogP contribution is 2.32. The maximum absolute atomic E-state index is 4.60. The molecule has 0 aromatic carbocycles. The van der Waals surface area contributed by atoms with Gasteiger partial charge in [-0.05, 0) is 54.6 Å². The molecule has 1 aromatic heterocycles. The Bertz CT molecular complexity index is 400. The summed E-state index contributed by atoms with van der Waals surface area (Å²) in [6.45, 7) is 14.1. The molecule has 0 aliphatic carbocycles. The van der Waals surface area contributed by atoms with Crippen LogP contribution in [0.5, 0.6) is 0 Å². The lowest BCUT2D eigenvalue weighted by Gasteiger charge is -2.30. The molecule has 0 aliphatic heterocycles. The molecule has 19 heavy (non-hydrogen) atoms. The molecule has 0 saturated heterocycles. The van der Waals surface area contributed by atoms with E-state index >= 15 is 0 Å². The van der Waals surface area contributed by atoms with E-state index in [-0.39, 0.29) is 0 Å². The number of halogens is 1. The number of aryl methyl sites for hydroxylation is 2. The van der Waals surface area contributed by atoms with Crippen molar-refractivity contribution in [3.8, 4) is 0 Å². The third kappa shape index (κ3) is 4.32. The molecule has 0 amide bonds. The van der Waals surface area contributed by atoms with Gasteiger partial charge in [-0.3, -0.25) is 4.68 Å². The molecule has 1 atom stereocenters. The molecule has 1 aromatic rings. The van der Waals surface area contributed by atoms with Crippen molar-refractivity contribution in [2.45, 2.75) is 60.4 Å². The summed E-state index contributed by atoms with van der Waals surface area (Å²) in [6, 6.07) is 0. The van der Waals surface area contributed by atoms with Crippen LogP contribution < -0.4 is 5.32 Å². The van der Waals surface area contributed by atoms with Crippen molar-refractivity contribution in [3.05, 3.63) is 15.9 Å². The van der Waals surface area contributed by atoms with Crippen LogP contribution in [0.3, 0.4) is 0 Å². The SMILES string of the molecule is CCCC(C)(CNCC)Cc1c(Br)c(C)nn1CC. The Morgan fingerprint density at radius 1 is 1.32 bits per heavy atom. The molecule has 1 heterocycles. The highest BCUT2D eigenvalue weighted by molar-refractivity contribution is 9.10. The summed E-state index contributed by atoms with van der Waals surface area (Å²) in [4.78, 5) is 0. The molecule has 0 spiro atoms. The fraction of sp³-hybridized carbons (Fsp3) is 0.800. The highest BCUT2D eigenvalue weighted by atomic mass is 79.9. The molecule has 4 heteroatoms. The Hall–Kier alpha value is -0.350. The summed E-state index contributed by atoms with van der Waals surface area (Å²) < 4.78 is 3.33. The zero-order valence-corrected chi connectivity index (χ0v) is 14.6. The van der Waals surface area contributed by atoms with E-state index in [1.807, 2.05) is 0 Å². The molecule has 110 valence electrons. The van der Waals surface area contributed by atoms with Crippen LogP contribution in [-0.4, -0.2) is 22.9 Å². The van der Waals surface area contributed by atoms with Crippen LogP contribution in [0.4, 0.5) is 0 Å². The van der Waals surface area contributed by atoms with Crippen molar-refractivity contribution in [2.24, 2.45) is 5.41 Å². The highest BCUT2D eigenvalue weighted by Gasteiger charge is 2.27. The van der Waals surface area contributed by atoms with Gasteiger partial charge in [-0.25, -0.2) is 0 Å². The second kappa shape index (κ2) is 7.44. The molecule has 0 fully saturated rings. The Kier molecular flexibility index (Phi) is 6.54. The Morgan fingerprint density at radius 3 is 2.53 bits per heavy atom. The fourth-order valence-electron chi connectivity index (χ4n) is 2.71. The smallest absolute Gasteiger partial charge is 0.0738 e. The number of nitrogens with zero attached hydrogens (tertiary/aromatic N) is 2. The van der Waals surface area contributed by atoms with E-state index in [0.717, 1.165) is 31.7 Å². The van der Waals surface area contributed by atoms with Gasteiger partial charge in [-0.15, -0.1) is 0 Å². The van der Waals surface area contributed by atoms with E-state index in [1.54, 1.807) is 0 Å². The molecule has 1 N–H and O–H groups in total. The maximum atomic E-state index is 4.60. The second-order valence-electron chi connectivity index (χ2n) is 5.68. The van der Waals surface area contributed by atoms with Crippen LogP contribution in [0.1, 0.15) is 51.9 Å². The number of nitrogens with one attached hydrogen (secondary N) is 1. The van der Waals surface area contributed by atoms with E-state index in [1.165, 1.54) is 23.0 Å². The summed E-state index contributed by atoms with van der Waals surface area (Å²) in [5, 5.41) is 8.12. The minimum atomic E-state index is 0.298. The Labute approximate surface area is 126 Å². The van der Waals surface area contributed by atoms with E-state index < -0.39 is 0 Å². The zero-order valence-electron chi connectivity index (χ0n) is 13.0. The monoisotopic (exact) mass is 329 g/mol. The van der Waals surface area contributed by atoms with Crippen molar-refractivity contribution in [2.75, 3.05) is 13.1 Å². The van der Waals surface area contributed by atoms with Gasteiger partial charge in [0.25, 0.3) is 0 Å². The molecule has 0 radical (unpaired) electrons. The quantitative estimate of drug-likeness (QED) is 0.783. The normalized spacial score (nSPS) is 14.6. The van der Waals surface area contributed by atoms with Gasteiger partial charge in [0, 0.05) is 13.1 Å². The third-order valence-electron chi connectivity index (χ3n) is 3.70. The van der Waals surface area contributed by atoms with E-state index in [0.29, 0.717) is 5.41 Å². The first-order valence-corrected chi connectivity index (χ1v) is 8.19. The van der Waals surface area contributed by atoms with Crippen molar-refractivity contribution in [1.29, 1.82) is 0 Å². The van der Waals surface area contributed by atoms with E-state index in [2.05, 4.69) is 65.6 Å². The lowest BCUT2D eigenvalue weighted by Crippen LogP contribution is -2.34. The minimum absolute atomic E-state index is 0.298. The number of hydrogen-bond donors (Lipinski definition) is 1. The van der Waals surface area contributed by atoms with Gasteiger partial charge in [0.15, 0.2) is 0 Å². The van der Waals surface area contributed by atoms with Crippen LogP contribution in [-0.2, 0) is 13.0 Å². The molecule has 3 nitrogen and oxygen atoms in total. The molecular weight excluding hydrogens is 302 g/mol. The predicted molar refractivity (Wildman–Crippen MR) is 85.6 cm³/mol. The standard InChI is InChI=1S/C15H28BrN3/c1-6-9-15(5,11-17-7-2)10-13-14(16)12(4)18-19(13)8-3/h17H,6-11H2,1-5H3. The average Bonchev–Trinajstić information content (AvgIpc) is 2.64. The summed E-state index contributed by atoms with van der Waals surface area (Å²) in [5.74, 6) is 0. The van der Waals surface area contributed by atoms with Crippen molar-refractivity contribution in [3.63, 3.8) is 0 Å². The largest absolute Gasteiger partial charge is 0.316 e. The van der Waals surface area contributed by atoms with Crippen LogP contribution in [0, 0.1) is 12.3 Å². The predicted octanol–water partition coefficient (Wildman–Crippen LogP) is 3.93. The Morgan fingerprint density at radius 2 is 2.00 bits per heavy atom. The van der Waals surface area contributed by atoms with E-state index in [4.69, 9.17) is 0 Å². The average molecular weight is 330 g/mol. The molecule has 1 rings (SSSR count). The lowest BCUT2D eigenvalue weighted by atomic mass is 9.81. The van der Waals surface area contributed by atoms with Crippen LogP contribution in [0.15, 0.2) is 4.47 Å². The minimum Gasteiger partial charge on any atom is -0.316 e. The number of aromatic nitrogens is 2. The zero-order chi connectivity index (χ0) is 14.5. The van der Waals surface area contributed by atoms with Gasteiger partial charge in [-0.2, -0.15) is 5.10 Å². The topological polar surface area (TPSA) is 29.9 Å². The summed E-state index contributed by atoms with van der Waals surface area (Å²) in [7, 11) is 0. The van der Waals surface area contributed by atoms with Gasteiger partial charge < -0.3 is 5.32 Å². The van der Waals surface area contributed by atoms with Crippen molar-refractivity contribution in [1.82, 2.24) is 15.1 Å². The first-order valence-electron chi connectivity index (χ1n) is 7.40. The van der Waals surface area contributed by atoms with Crippen LogP contribution in [0.25, 0.3) is 0 Å². The molecule has 0 bridgehead atoms. The van der Waals surface area contributed by atoms with Gasteiger partial charge in [0.1, 0.15) is 0 Å². The fourth-order valence-corrected chi connectivity index (χ4v) is 3.14. The summed E-state index contributed by atoms with van der Waals surface area (Å²) >= 11 is 3.71. The second-order valence-corrected chi connectivity index (χ2v) is 6.47. The van der Waals surface area contributed by atoms with E-state index in [9.17, 15) is 0 Å². The van der Waals surface area contributed by atoms with Gasteiger partial charge in [0.05, 0.1) is 15.9 Å². The van der Waals surface area contributed by atoms with Gasteiger partial charge in [-0.1, -0.05) is 27.2 Å². The lowest BCUT2D eigenvalue weighted by molar-refractivity contribution is 0.270. The van der Waals surface area contributed by atoms with Crippen LogP contribution in [0.2, 0.25) is 0 Å². The third-order valence-corrected chi connectivity index (χ3v) is 4.73. The number of hydrogen-bond acceptors (Lipinski definition) is 2. The van der Waals surface area contributed by atoms with Gasteiger partial charge >= 0.3 is 0 Å². The number of rotatable bonds is 8. The first kappa shape index (κ1) is 16.7. The summed E-state index contributed by atoms with van der Waals surface area (Å²) in [6.07, 6.45) is 3.53. The van der Waals surface area contributed by atoms with Crippen molar-refractivity contribution < 1.29 is 0 Å². The molecule has 0 saturated carbocycles. The summed E-state index contributed by atoms with van der Waals surface area (Å²) in [5.41, 5.74) is 2.74. The van der Waals surface area contributed by atoms with Crippen LogP contribution >= 0.6 is 15.9 Å². The Balaban J connectivity index is 2.95. The van der Waals surface area contributed by atoms with Gasteiger partial charge in [0.2, 0.25) is 0 Å². The molecule has 0 aliphatic rings.